The standard InChI is InChI=1S/C16H17N3O2/c20-16(21)19-15-17-13(11-7-3-1-4-8-11)14(18-15)12-9-5-2-6-10-12/h1-10,13-15,17-19H,(H,20,21). The first-order valence-electron chi connectivity index (χ1n) is 6.85. The molecule has 0 aliphatic carbocycles. The Bertz CT molecular complexity index is 556. The minimum Gasteiger partial charge on any atom is -0.465 e. The molecular weight excluding hydrogens is 266 g/mol. The van der Waals surface area contributed by atoms with Crippen LogP contribution in [0.2, 0.25) is 0 Å². The van der Waals surface area contributed by atoms with Crippen LogP contribution in [0.4, 0.5) is 4.79 Å². The molecule has 0 spiro atoms. The first-order chi connectivity index (χ1) is 10.2. The summed E-state index contributed by atoms with van der Waals surface area (Å²) in [6.45, 7) is 0. The van der Waals surface area contributed by atoms with E-state index in [-0.39, 0.29) is 12.1 Å². The summed E-state index contributed by atoms with van der Waals surface area (Å²) in [7, 11) is 0. The van der Waals surface area contributed by atoms with Gasteiger partial charge in [0.1, 0.15) is 6.29 Å². The predicted molar refractivity (Wildman–Crippen MR) is 79.6 cm³/mol. The molecule has 0 aromatic heterocycles. The Balaban J connectivity index is 1.89. The van der Waals surface area contributed by atoms with Crippen LogP contribution >= 0.6 is 0 Å². The van der Waals surface area contributed by atoms with Crippen molar-refractivity contribution in [2.75, 3.05) is 0 Å². The molecule has 2 unspecified atom stereocenters. The number of carboxylic acid groups (broad SMARTS) is 1. The van der Waals surface area contributed by atoms with Crippen LogP contribution < -0.4 is 16.0 Å². The zero-order chi connectivity index (χ0) is 14.7. The van der Waals surface area contributed by atoms with Gasteiger partial charge >= 0.3 is 6.09 Å². The minimum atomic E-state index is -1.06. The van der Waals surface area contributed by atoms with Crippen LogP contribution in [0.25, 0.3) is 0 Å². The third-order valence-corrected chi connectivity index (χ3v) is 3.61. The van der Waals surface area contributed by atoms with Crippen molar-refractivity contribution in [2.45, 2.75) is 18.4 Å². The maximum Gasteiger partial charge on any atom is 0.406 e. The first kappa shape index (κ1) is 13.6. The van der Waals surface area contributed by atoms with Gasteiger partial charge in [-0.2, -0.15) is 0 Å². The predicted octanol–water partition coefficient (Wildman–Crippen LogP) is 2.21. The van der Waals surface area contributed by atoms with Crippen LogP contribution in [0.5, 0.6) is 0 Å². The zero-order valence-electron chi connectivity index (χ0n) is 11.4. The molecular formula is C16H17N3O2. The quantitative estimate of drug-likeness (QED) is 0.697. The number of amides is 1. The molecule has 2 atom stereocenters. The van der Waals surface area contributed by atoms with E-state index in [1.54, 1.807) is 0 Å². The highest BCUT2D eigenvalue weighted by molar-refractivity contribution is 5.64. The van der Waals surface area contributed by atoms with Crippen molar-refractivity contribution in [1.82, 2.24) is 16.0 Å². The summed E-state index contributed by atoms with van der Waals surface area (Å²) in [5.74, 6) is 0. The van der Waals surface area contributed by atoms with Crippen molar-refractivity contribution in [2.24, 2.45) is 0 Å². The van der Waals surface area contributed by atoms with Crippen molar-refractivity contribution in [3.63, 3.8) is 0 Å². The summed E-state index contributed by atoms with van der Waals surface area (Å²) in [5.41, 5.74) is 2.24. The second-order valence-corrected chi connectivity index (χ2v) is 4.99. The number of benzene rings is 2. The lowest BCUT2D eigenvalue weighted by atomic mass is 9.95. The number of rotatable bonds is 3. The Morgan fingerprint density at radius 1 is 0.857 bits per heavy atom. The molecule has 21 heavy (non-hydrogen) atoms. The smallest absolute Gasteiger partial charge is 0.406 e. The summed E-state index contributed by atoms with van der Waals surface area (Å²) < 4.78 is 0. The van der Waals surface area contributed by atoms with E-state index in [1.807, 2.05) is 60.7 Å². The summed E-state index contributed by atoms with van der Waals surface area (Å²) in [6, 6.07) is 20.0. The van der Waals surface area contributed by atoms with Gasteiger partial charge in [0.15, 0.2) is 0 Å². The highest BCUT2D eigenvalue weighted by Crippen LogP contribution is 2.32. The van der Waals surface area contributed by atoms with E-state index in [4.69, 9.17) is 5.11 Å². The molecule has 1 amide bonds. The van der Waals surface area contributed by atoms with Crippen LogP contribution in [-0.4, -0.2) is 17.5 Å². The third-order valence-electron chi connectivity index (χ3n) is 3.61. The van der Waals surface area contributed by atoms with E-state index < -0.39 is 12.4 Å². The summed E-state index contributed by atoms with van der Waals surface area (Å²) in [5, 5.41) is 17.9. The van der Waals surface area contributed by atoms with Crippen molar-refractivity contribution >= 4 is 6.09 Å². The van der Waals surface area contributed by atoms with Crippen molar-refractivity contribution in [3.8, 4) is 0 Å². The number of hydrogen-bond acceptors (Lipinski definition) is 3. The van der Waals surface area contributed by atoms with Crippen LogP contribution in [0.3, 0.4) is 0 Å². The molecule has 0 bridgehead atoms. The van der Waals surface area contributed by atoms with Gasteiger partial charge in [0, 0.05) is 0 Å². The lowest BCUT2D eigenvalue weighted by Crippen LogP contribution is -2.47. The van der Waals surface area contributed by atoms with Gasteiger partial charge in [-0.25, -0.2) is 4.79 Å². The fourth-order valence-electron chi connectivity index (χ4n) is 2.70. The summed E-state index contributed by atoms with van der Waals surface area (Å²) in [4.78, 5) is 10.9. The zero-order valence-corrected chi connectivity index (χ0v) is 11.4. The second kappa shape index (κ2) is 5.95. The van der Waals surface area contributed by atoms with Crippen LogP contribution in [0.1, 0.15) is 23.2 Å². The molecule has 3 rings (SSSR count). The molecule has 5 nitrogen and oxygen atoms in total. The third kappa shape index (κ3) is 3.04. The average Bonchev–Trinajstić information content (AvgIpc) is 2.92. The van der Waals surface area contributed by atoms with Crippen molar-refractivity contribution in [1.29, 1.82) is 0 Å². The maximum atomic E-state index is 10.9. The Morgan fingerprint density at radius 2 is 1.29 bits per heavy atom. The van der Waals surface area contributed by atoms with Gasteiger partial charge in [-0.15, -0.1) is 0 Å². The van der Waals surface area contributed by atoms with E-state index in [2.05, 4.69) is 16.0 Å². The van der Waals surface area contributed by atoms with Gasteiger partial charge in [-0.05, 0) is 11.1 Å². The molecule has 1 heterocycles. The molecule has 1 fully saturated rings. The highest BCUT2D eigenvalue weighted by Gasteiger charge is 2.35. The fraction of sp³-hybridized carbons (Fsp3) is 0.188. The Morgan fingerprint density at radius 3 is 1.67 bits per heavy atom. The van der Waals surface area contributed by atoms with E-state index in [1.165, 1.54) is 0 Å². The van der Waals surface area contributed by atoms with E-state index in [0.717, 1.165) is 11.1 Å². The van der Waals surface area contributed by atoms with Gasteiger partial charge in [-0.3, -0.25) is 16.0 Å². The molecule has 108 valence electrons. The summed E-state index contributed by atoms with van der Waals surface area (Å²) >= 11 is 0. The van der Waals surface area contributed by atoms with E-state index in [0.29, 0.717) is 0 Å². The molecule has 5 heteroatoms. The number of nitrogens with one attached hydrogen (secondary N) is 3. The van der Waals surface area contributed by atoms with Gasteiger partial charge in [-0.1, -0.05) is 60.7 Å². The van der Waals surface area contributed by atoms with Crippen molar-refractivity contribution < 1.29 is 9.90 Å². The van der Waals surface area contributed by atoms with Crippen molar-refractivity contribution in [3.05, 3.63) is 71.8 Å². The van der Waals surface area contributed by atoms with Crippen LogP contribution in [-0.2, 0) is 0 Å². The topological polar surface area (TPSA) is 73.4 Å². The van der Waals surface area contributed by atoms with Crippen LogP contribution in [0, 0.1) is 0 Å². The molecule has 1 saturated heterocycles. The number of carbonyl (C=O) groups is 1. The lowest BCUT2D eigenvalue weighted by Gasteiger charge is -2.19. The first-order valence-corrected chi connectivity index (χ1v) is 6.85. The van der Waals surface area contributed by atoms with Gasteiger partial charge in [0.2, 0.25) is 0 Å². The molecule has 2 aromatic carbocycles. The molecule has 2 aromatic rings. The highest BCUT2D eigenvalue weighted by atomic mass is 16.4. The van der Waals surface area contributed by atoms with Crippen LogP contribution in [0.15, 0.2) is 60.7 Å². The normalized spacial score (nSPS) is 24.7. The molecule has 1 aliphatic heterocycles. The Labute approximate surface area is 123 Å². The lowest BCUT2D eigenvalue weighted by molar-refractivity contribution is 0.186. The van der Waals surface area contributed by atoms with Gasteiger partial charge in [0.25, 0.3) is 0 Å². The fourth-order valence-corrected chi connectivity index (χ4v) is 2.70. The van der Waals surface area contributed by atoms with E-state index >= 15 is 0 Å². The molecule has 4 N–H and O–H groups in total. The minimum absolute atomic E-state index is 0.00505. The maximum absolute atomic E-state index is 10.9. The summed E-state index contributed by atoms with van der Waals surface area (Å²) in [6.07, 6.45) is -1.53. The SMILES string of the molecule is O=C(O)NC1NC(c2ccccc2)C(c2ccccc2)N1. The molecule has 1 aliphatic rings. The Hall–Kier alpha value is -2.37. The number of hydrogen-bond donors (Lipinski definition) is 4. The average molecular weight is 283 g/mol. The van der Waals surface area contributed by atoms with E-state index in [9.17, 15) is 4.79 Å². The Kier molecular flexibility index (Phi) is 3.85. The molecule has 0 saturated carbocycles. The van der Waals surface area contributed by atoms with Gasteiger partial charge in [0.05, 0.1) is 12.1 Å². The molecule has 0 radical (unpaired) electrons. The monoisotopic (exact) mass is 283 g/mol. The second-order valence-electron chi connectivity index (χ2n) is 4.99. The largest absolute Gasteiger partial charge is 0.465 e. The van der Waals surface area contributed by atoms with Gasteiger partial charge < -0.3 is 5.11 Å².